The number of carbonyl (C=O) groups is 1. The van der Waals surface area contributed by atoms with E-state index in [9.17, 15) is 4.79 Å². The predicted molar refractivity (Wildman–Crippen MR) is 78.6 cm³/mol. The summed E-state index contributed by atoms with van der Waals surface area (Å²) in [6.45, 7) is 3.49. The molecule has 18 heavy (non-hydrogen) atoms. The molecule has 0 aliphatic carbocycles. The monoisotopic (exact) mass is 292 g/mol. The van der Waals surface area contributed by atoms with Crippen molar-refractivity contribution in [3.63, 3.8) is 0 Å². The minimum absolute atomic E-state index is 0. The minimum atomic E-state index is -0.303. The molecule has 0 saturated carbocycles. The summed E-state index contributed by atoms with van der Waals surface area (Å²) in [4.78, 5) is 13.3. The van der Waals surface area contributed by atoms with Gasteiger partial charge in [0.1, 0.15) is 0 Å². The van der Waals surface area contributed by atoms with Crippen LogP contribution < -0.4 is 10.2 Å². The molecule has 1 N–H and O–H groups in total. The zero-order valence-corrected chi connectivity index (χ0v) is 12.1. The van der Waals surface area contributed by atoms with Crippen LogP contribution in [0.1, 0.15) is 12.5 Å². The number of hydrogen-bond acceptors (Lipinski definition) is 3. The van der Waals surface area contributed by atoms with Crippen LogP contribution >= 0.6 is 24.8 Å². The molecule has 0 unspecified atom stereocenters. The molecule has 1 aromatic carbocycles. The van der Waals surface area contributed by atoms with Gasteiger partial charge in [0.15, 0.2) is 0 Å². The third-order valence-corrected chi connectivity index (χ3v) is 2.84. The quantitative estimate of drug-likeness (QED) is 0.911. The van der Waals surface area contributed by atoms with Crippen molar-refractivity contribution in [2.24, 2.45) is 0 Å². The number of hydrogen-bond donors (Lipinski definition) is 1. The lowest BCUT2D eigenvalue weighted by Crippen LogP contribution is -2.31. The van der Waals surface area contributed by atoms with E-state index < -0.39 is 0 Å². The summed E-state index contributed by atoms with van der Waals surface area (Å²) in [6, 6.07) is 5.96. The number of fused-ring (bicyclic) bond motifs is 1. The fourth-order valence-electron chi connectivity index (χ4n) is 2.09. The van der Waals surface area contributed by atoms with Gasteiger partial charge < -0.3 is 10.1 Å². The highest BCUT2D eigenvalue weighted by Crippen LogP contribution is 2.31. The maximum Gasteiger partial charge on any atom is 0.413 e. The van der Waals surface area contributed by atoms with Gasteiger partial charge in [-0.25, -0.2) is 4.79 Å². The molecule has 1 aliphatic heterocycles. The number of nitrogens with one attached hydrogen (secondary N) is 1. The molecule has 0 radical (unpaired) electrons. The standard InChI is InChI=1S/C12H16N2O2.2ClH/c1-3-14(12(15)16-2)11-6-4-5-10-9(11)7-8-13-10;;/h4-6,13H,3,7-8H2,1-2H3;2*1H. The average molecular weight is 293 g/mol. The number of ether oxygens (including phenoxy) is 1. The number of halogens is 2. The second-order valence-corrected chi connectivity index (χ2v) is 3.69. The van der Waals surface area contributed by atoms with Crippen LogP contribution in [-0.2, 0) is 11.2 Å². The second-order valence-electron chi connectivity index (χ2n) is 3.69. The van der Waals surface area contributed by atoms with Crippen LogP contribution in [-0.4, -0.2) is 26.3 Å². The lowest BCUT2D eigenvalue weighted by Gasteiger charge is -2.21. The fraction of sp³-hybridized carbons (Fsp3) is 0.417. The van der Waals surface area contributed by atoms with E-state index in [0.29, 0.717) is 6.54 Å². The van der Waals surface area contributed by atoms with E-state index in [2.05, 4.69) is 5.32 Å². The van der Waals surface area contributed by atoms with E-state index in [-0.39, 0.29) is 30.9 Å². The molecule has 0 fully saturated rings. The highest BCUT2D eigenvalue weighted by molar-refractivity contribution is 5.90. The van der Waals surface area contributed by atoms with Gasteiger partial charge in [-0.3, -0.25) is 4.90 Å². The van der Waals surface area contributed by atoms with Gasteiger partial charge in [0.05, 0.1) is 12.8 Å². The normalized spacial score (nSPS) is 11.4. The topological polar surface area (TPSA) is 41.6 Å². The summed E-state index contributed by atoms with van der Waals surface area (Å²) in [6.07, 6.45) is 0.654. The molecule has 2 rings (SSSR count). The molecule has 1 heterocycles. The third kappa shape index (κ3) is 3.00. The van der Waals surface area contributed by atoms with Gasteiger partial charge in [0.2, 0.25) is 0 Å². The zero-order valence-electron chi connectivity index (χ0n) is 10.4. The van der Waals surface area contributed by atoms with Gasteiger partial charge in [-0.05, 0) is 25.5 Å². The average Bonchev–Trinajstić information content (AvgIpc) is 2.78. The molecule has 0 saturated heterocycles. The summed E-state index contributed by atoms with van der Waals surface area (Å²) in [7, 11) is 1.41. The molecule has 0 bridgehead atoms. The van der Waals surface area contributed by atoms with Crippen molar-refractivity contribution in [2.45, 2.75) is 13.3 Å². The summed E-state index contributed by atoms with van der Waals surface area (Å²) >= 11 is 0. The first kappa shape index (κ1) is 16.9. The van der Waals surface area contributed by atoms with E-state index >= 15 is 0 Å². The Labute approximate surface area is 120 Å². The number of anilines is 2. The first-order chi connectivity index (χ1) is 7.77. The Balaban J connectivity index is 0.00000144. The number of benzene rings is 1. The van der Waals surface area contributed by atoms with E-state index in [1.807, 2.05) is 25.1 Å². The van der Waals surface area contributed by atoms with E-state index in [0.717, 1.165) is 24.3 Å². The first-order valence-electron chi connectivity index (χ1n) is 5.49. The van der Waals surface area contributed by atoms with Crippen molar-refractivity contribution in [2.75, 3.05) is 30.4 Å². The highest BCUT2D eigenvalue weighted by Gasteiger charge is 2.21. The van der Waals surface area contributed by atoms with Crippen molar-refractivity contribution in [1.82, 2.24) is 0 Å². The molecule has 0 aromatic heterocycles. The molecule has 6 heteroatoms. The van der Waals surface area contributed by atoms with Crippen molar-refractivity contribution >= 4 is 42.3 Å². The van der Waals surface area contributed by atoms with Crippen molar-refractivity contribution in [1.29, 1.82) is 0 Å². The van der Waals surface area contributed by atoms with Crippen LogP contribution in [0.2, 0.25) is 0 Å². The molecule has 1 amide bonds. The number of methoxy groups -OCH3 is 1. The molecular formula is C12H18Cl2N2O2. The Morgan fingerprint density at radius 3 is 2.78 bits per heavy atom. The van der Waals surface area contributed by atoms with Crippen LogP contribution in [0, 0.1) is 0 Å². The number of nitrogens with zero attached hydrogens (tertiary/aromatic N) is 1. The number of amides is 1. The van der Waals surface area contributed by atoms with Crippen molar-refractivity contribution in [3.05, 3.63) is 23.8 Å². The minimum Gasteiger partial charge on any atom is -0.452 e. The lowest BCUT2D eigenvalue weighted by atomic mass is 10.1. The predicted octanol–water partition coefficient (Wildman–Crippen LogP) is 3.09. The van der Waals surface area contributed by atoms with E-state index in [4.69, 9.17) is 4.74 Å². The number of carbonyl (C=O) groups excluding carboxylic acids is 1. The molecule has 4 nitrogen and oxygen atoms in total. The lowest BCUT2D eigenvalue weighted by molar-refractivity contribution is 0.179. The van der Waals surface area contributed by atoms with Gasteiger partial charge in [0, 0.05) is 24.3 Å². The summed E-state index contributed by atoms with van der Waals surface area (Å²) in [5.74, 6) is 0. The zero-order chi connectivity index (χ0) is 11.5. The third-order valence-electron chi connectivity index (χ3n) is 2.84. The summed E-state index contributed by atoms with van der Waals surface area (Å²) < 4.78 is 4.78. The Hall–Kier alpha value is -1.13. The molecule has 0 spiro atoms. The molecular weight excluding hydrogens is 275 g/mol. The van der Waals surface area contributed by atoms with Crippen molar-refractivity contribution in [3.8, 4) is 0 Å². The Morgan fingerprint density at radius 2 is 2.17 bits per heavy atom. The van der Waals surface area contributed by atoms with Crippen LogP contribution in [0.15, 0.2) is 18.2 Å². The Bertz CT molecular complexity index is 413. The van der Waals surface area contributed by atoms with Gasteiger partial charge >= 0.3 is 6.09 Å². The SMILES string of the molecule is CCN(C(=O)OC)c1cccc2c1CCN2.Cl.Cl. The highest BCUT2D eigenvalue weighted by atomic mass is 35.5. The second kappa shape index (κ2) is 7.34. The van der Waals surface area contributed by atoms with Gasteiger partial charge in [-0.1, -0.05) is 6.07 Å². The van der Waals surface area contributed by atoms with Crippen molar-refractivity contribution < 1.29 is 9.53 Å². The van der Waals surface area contributed by atoms with Crippen LogP contribution in [0.5, 0.6) is 0 Å². The Morgan fingerprint density at radius 1 is 1.44 bits per heavy atom. The van der Waals surface area contributed by atoms with E-state index in [1.54, 1.807) is 4.90 Å². The maximum atomic E-state index is 11.6. The van der Waals surface area contributed by atoms with Crippen LogP contribution in [0.4, 0.5) is 16.2 Å². The summed E-state index contributed by atoms with van der Waals surface area (Å²) in [5.41, 5.74) is 3.28. The maximum absolute atomic E-state index is 11.6. The van der Waals surface area contributed by atoms with E-state index in [1.165, 1.54) is 12.7 Å². The fourth-order valence-corrected chi connectivity index (χ4v) is 2.09. The van der Waals surface area contributed by atoms with Gasteiger partial charge in [-0.2, -0.15) is 0 Å². The van der Waals surface area contributed by atoms with Gasteiger partial charge in [0.25, 0.3) is 0 Å². The van der Waals surface area contributed by atoms with Crippen LogP contribution in [0.3, 0.4) is 0 Å². The van der Waals surface area contributed by atoms with Crippen LogP contribution in [0.25, 0.3) is 0 Å². The molecule has 1 aliphatic rings. The molecule has 102 valence electrons. The largest absolute Gasteiger partial charge is 0.452 e. The number of rotatable bonds is 2. The van der Waals surface area contributed by atoms with Gasteiger partial charge in [-0.15, -0.1) is 24.8 Å². The smallest absolute Gasteiger partial charge is 0.413 e. The molecule has 0 atom stereocenters. The first-order valence-corrected chi connectivity index (χ1v) is 5.49. The summed E-state index contributed by atoms with van der Waals surface area (Å²) in [5, 5.41) is 3.30. The molecule has 1 aromatic rings. The Kier molecular flexibility index (Phi) is 6.88.